The molecule has 8 heteroatoms. The molecule has 1 rings (SSSR count). The van der Waals surface area contributed by atoms with Crippen molar-refractivity contribution in [3.05, 3.63) is 39.9 Å². The summed E-state index contributed by atoms with van der Waals surface area (Å²) >= 11 is 0. The van der Waals surface area contributed by atoms with Gasteiger partial charge in [0.1, 0.15) is 0 Å². The third-order valence-electron chi connectivity index (χ3n) is 3.04. The predicted molar refractivity (Wildman–Crippen MR) is 87.7 cm³/mol. The number of non-ortho nitro benzene ring substituents is 1. The number of carbonyl (C=O) groups is 1. The zero-order chi connectivity index (χ0) is 17.8. The van der Waals surface area contributed by atoms with Crippen LogP contribution in [-0.2, 0) is 25.4 Å². The summed E-state index contributed by atoms with van der Waals surface area (Å²) in [6, 6.07) is 5.91. The highest BCUT2D eigenvalue weighted by molar-refractivity contribution is 5.78. The molecule has 8 nitrogen and oxygen atoms in total. The minimum absolute atomic E-state index is 0.00529. The molecule has 0 heterocycles. The van der Waals surface area contributed by atoms with Crippen molar-refractivity contribution in [1.29, 1.82) is 0 Å². The summed E-state index contributed by atoms with van der Waals surface area (Å²) in [5.74, 6) is -0.168. The highest BCUT2D eigenvalue weighted by atomic mass is 16.7. The smallest absolute Gasteiger partial charge is 0.269 e. The molecule has 0 saturated carbocycles. The maximum atomic E-state index is 11.8. The normalized spacial score (nSPS) is 10.8. The van der Waals surface area contributed by atoms with E-state index in [1.54, 1.807) is 12.1 Å². The van der Waals surface area contributed by atoms with Crippen LogP contribution in [0, 0.1) is 10.1 Å². The molecule has 24 heavy (non-hydrogen) atoms. The molecule has 0 saturated heterocycles. The van der Waals surface area contributed by atoms with E-state index in [-0.39, 0.29) is 18.0 Å². The molecule has 0 fully saturated rings. The van der Waals surface area contributed by atoms with E-state index in [9.17, 15) is 14.9 Å². The van der Waals surface area contributed by atoms with E-state index in [0.717, 1.165) is 0 Å². The van der Waals surface area contributed by atoms with Gasteiger partial charge in [-0.2, -0.15) is 0 Å². The van der Waals surface area contributed by atoms with Crippen molar-refractivity contribution in [3.63, 3.8) is 0 Å². The standard InChI is InChI=1S/C16H24N2O6/c1-3-23-16(24-4-2)12-22-10-9-17-15(19)11-13-5-7-14(8-6-13)18(20)21/h5-8,16H,3-4,9-12H2,1-2H3,(H,17,19). The van der Waals surface area contributed by atoms with Crippen LogP contribution in [0.25, 0.3) is 0 Å². The molecule has 0 spiro atoms. The van der Waals surface area contributed by atoms with Crippen LogP contribution in [0.5, 0.6) is 0 Å². The molecule has 0 atom stereocenters. The van der Waals surface area contributed by atoms with Crippen molar-refractivity contribution in [3.8, 4) is 0 Å². The highest BCUT2D eigenvalue weighted by Gasteiger charge is 2.09. The molecule has 0 aromatic heterocycles. The molecule has 134 valence electrons. The number of ether oxygens (including phenoxy) is 3. The molecular weight excluding hydrogens is 316 g/mol. The average molecular weight is 340 g/mol. The Hall–Kier alpha value is -2.03. The van der Waals surface area contributed by atoms with Crippen LogP contribution >= 0.6 is 0 Å². The van der Waals surface area contributed by atoms with Gasteiger partial charge in [0.25, 0.3) is 5.69 Å². The van der Waals surface area contributed by atoms with Crippen LogP contribution in [0.1, 0.15) is 19.4 Å². The Kier molecular flexibility index (Phi) is 9.59. The van der Waals surface area contributed by atoms with E-state index < -0.39 is 11.2 Å². The molecule has 0 aliphatic heterocycles. The summed E-state index contributed by atoms with van der Waals surface area (Å²) in [7, 11) is 0. The maximum Gasteiger partial charge on any atom is 0.269 e. The zero-order valence-electron chi connectivity index (χ0n) is 14.0. The molecule has 0 radical (unpaired) electrons. The zero-order valence-corrected chi connectivity index (χ0v) is 14.0. The van der Waals surface area contributed by atoms with Crippen molar-refractivity contribution in [1.82, 2.24) is 5.32 Å². The number of hydrogen-bond acceptors (Lipinski definition) is 6. The first-order valence-corrected chi connectivity index (χ1v) is 7.87. The molecule has 1 N–H and O–H groups in total. The third-order valence-corrected chi connectivity index (χ3v) is 3.04. The Bertz CT molecular complexity index is 500. The number of amides is 1. The monoisotopic (exact) mass is 340 g/mol. The fourth-order valence-corrected chi connectivity index (χ4v) is 1.94. The lowest BCUT2D eigenvalue weighted by Crippen LogP contribution is -2.30. The highest BCUT2D eigenvalue weighted by Crippen LogP contribution is 2.12. The van der Waals surface area contributed by atoms with Gasteiger partial charge >= 0.3 is 0 Å². The average Bonchev–Trinajstić information content (AvgIpc) is 2.55. The van der Waals surface area contributed by atoms with Crippen molar-refractivity contribution < 1.29 is 23.9 Å². The molecule has 0 unspecified atom stereocenters. The van der Waals surface area contributed by atoms with E-state index in [1.807, 2.05) is 13.8 Å². The fourth-order valence-electron chi connectivity index (χ4n) is 1.94. The van der Waals surface area contributed by atoms with Crippen molar-refractivity contribution in [2.24, 2.45) is 0 Å². The number of carbonyl (C=O) groups excluding carboxylic acids is 1. The van der Waals surface area contributed by atoms with Crippen LogP contribution in [0.4, 0.5) is 5.69 Å². The second kappa shape index (κ2) is 11.5. The fraction of sp³-hybridized carbons (Fsp3) is 0.562. The number of nitrogens with zero attached hydrogens (tertiary/aromatic N) is 1. The van der Waals surface area contributed by atoms with E-state index >= 15 is 0 Å². The SMILES string of the molecule is CCOC(COCCNC(=O)Cc1ccc([N+](=O)[O-])cc1)OCC. The van der Waals surface area contributed by atoms with Gasteiger partial charge < -0.3 is 19.5 Å². The first-order chi connectivity index (χ1) is 11.6. The Balaban J connectivity index is 2.20. The Morgan fingerprint density at radius 2 is 1.83 bits per heavy atom. The Morgan fingerprint density at radius 1 is 1.21 bits per heavy atom. The summed E-state index contributed by atoms with van der Waals surface area (Å²) in [5, 5.41) is 13.3. The Morgan fingerprint density at radius 3 is 2.38 bits per heavy atom. The van der Waals surface area contributed by atoms with E-state index in [4.69, 9.17) is 14.2 Å². The summed E-state index contributed by atoms with van der Waals surface area (Å²) in [6.07, 6.45) is -0.228. The molecule has 1 aromatic carbocycles. The summed E-state index contributed by atoms with van der Waals surface area (Å²) in [4.78, 5) is 21.9. The van der Waals surface area contributed by atoms with Gasteiger partial charge in [-0.1, -0.05) is 12.1 Å². The van der Waals surface area contributed by atoms with Crippen LogP contribution in [0.2, 0.25) is 0 Å². The molecule has 1 aromatic rings. The Labute approximate surface area is 141 Å². The van der Waals surface area contributed by atoms with Gasteiger partial charge in [-0.05, 0) is 19.4 Å². The molecule has 1 amide bonds. The molecule has 0 aliphatic rings. The number of nitro groups is 1. The second-order valence-electron chi connectivity index (χ2n) is 4.87. The first kappa shape index (κ1) is 20.0. The number of hydrogen-bond donors (Lipinski definition) is 1. The maximum absolute atomic E-state index is 11.8. The number of rotatable bonds is 12. The van der Waals surface area contributed by atoms with Gasteiger partial charge in [0.05, 0.1) is 24.6 Å². The first-order valence-electron chi connectivity index (χ1n) is 7.87. The van der Waals surface area contributed by atoms with Gasteiger partial charge in [-0.15, -0.1) is 0 Å². The van der Waals surface area contributed by atoms with Gasteiger partial charge in [0.15, 0.2) is 6.29 Å². The van der Waals surface area contributed by atoms with E-state index in [1.165, 1.54) is 12.1 Å². The number of nitrogens with one attached hydrogen (secondary N) is 1. The summed E-state index contributed by atoms with van der Waals surface area (Å²) < 4.78 is 16.1. The number of nitro benzene ring substituents is 1. The molecule has 0 bridgehead atoms. The van der Waals surface area contributed by atoms with Crippen LogP contribution in [0.3, 0.4) is 0 Å². The van der Waals surface area contributed by atoms with E-state index in [0.29, 0.717) is 38.5 Å². The minimum atomic E-state index is -0.473. The third kappa shape index (κ3) is 8.00. The van der Waals surface area contributed by atoms with Gasteiger partial charge in [-0.25, -0.2) is 0 Å². The summed E-state index contributed by atoms with van der Waals surface area (Å²) in [6.45, 7) is 5.87. The largest absolute Gasteiger partial charge is 0.374 e. The van der Waals surface area contributed by atoms with E-state index in [2.05, 4.69) is 5.32 Å². The quantitative estimate of drug-likeness (QED) is 0.269. The van der Waals surface area contributed by atoms with Crippen molar-refractivity contribution in [2.45, 2.75) is 26.6 Å². The van der Waals surface area contributed by atoms with Gasteiger partial charge in [0.2, 0.25) is 5.91 Å². The van der Waals surface area contributed by atoms with Gasteiger partial charge in [0, 0.05) is 31.9 Å². The lowest BCUT2D eigenvalue weighted by atomic mass is 10.1. The van der Waals surface area contributed by atoms with Crippen LogP contribution < -0.4 is 5.32 Å². The second-order valence-corrected chi connectivity index (χ2v) is 4.87. The molecule has 0 aliphatic carbocycles. The van der Waals surface area contributed by atoms with Crippen molar-refractivity contribution in [2.75, 3.05) is 33.0 Å². The van der Waals surface area contributed by atoms with Gasteiger partial charge in [-0.3, -0.25) is 14.9 Å². The van der Waals surface area contributed by atoms with Crippen LogP contribution in [0.15, 0.2) is 24.3 Å². The topological polar surface area (TPSA) is 99.9 Å². The molecular formula is C16H24N2O6. The van der Waals surface area contributed by atoms with Crippen LogP contribution in [-0.4, -0.2) is 50.1 Å². The van der Waals surface area contributed by atoms with Crippen molar-refractivity contribution >= 4 is 11.6 Å². The lowest BCUT2D eigenvalue weighted by molar-refractivity contribution is -0.384. The summed E-state index contributed by atoms with van der Waals surface area (Å²) in [5.41, 5.74) is 0.720. The predicted octanol–water partition coefficient (Wildman–Crippen LogP) is 1.67. The number of benzene rings is 1. The minimum Gasteiger partial charge on any atom is -0.374 e. The lowest BCUT2D eigenvalue weighted by Gasteiger charge is -2.16.